The summed E-state index contributed by atoms with van der Waals surface area (Å²) in [5.74, 6) is 1.30. The molecule has 0 aliphatic carbocycles. The van der Waals surface area contributed by atoms with E-state index in [2.05, 4.69) is 18.7 Å². The van der Waals surface area contributed by atoms with Crippen LogP contribution in [0.5, 0.6) is 5.75 Å². The van der Waals surface area contributed by atoms with Crippen LogP contribution in [0.1, 0.15) is 56.2 Å². The first-order valence-electron chi connectivity index (χ1n) is 7.96. The Morgan fingerprint density at radius 2 is 1.95 bits per heavy atom. The van der Waals surface area contributed by atoms with E-state index in [-0.39, 0.29) is 6.04 Å². The van der Waals surface area contributed by atoms with Crippen LogP contribution in [0.3, 0.4) is 0 Å². The molecular weight excluding hydrogens is 286 g/mol. The lowest BCUT2D eigenvalue weighted by atomic mass is 9.90. The standard InChI is InChI=1S/C17H24ClNO2/c1-11(2)13-8-12(18)9-14-16(15(20)10-21-17(13)14)19-6-4-3-5-7-19/h8-9,11,15-16,20H,3-7,10H2,1-2H3. The number of hydrogen-bond acceptors (Lipinski definition) is 3. The first-order valence-corrected chi connectivity index (χ1v) is 8.34. The van der Waals surface area contributed by atoms with Gasteiger partial charge in [0.05, 0.1) is 6.04 Å². The molecule has 21 heavy (non-hydrogen) atoms. The lowest BCUT2D eigenvalue weighted by molar-refractivity contribution is -0.00719. The summed E-state index contributed by atoms with van der Waals surface area (Å²) in [7, 11) is 0. The van der Waals surface area contributed by atoms with Crippen molar-refractivity contribution in [3.8, 4) is 5.75 Å². The Labute approximate surface area is 131 Å². The summed E-state index contributed by atoms with van der Waals surface area (Å²) in [6, 6.07) is 3.99. The molecule has 3 nitrogen and oxygen atoms in total. The average molecular weight is 310 g/mol. The highest BCUT2D eigenvalue weighted by Crippen LogP contribution is 2.43. The van der Waals surface area contributed by atoms with Gasteiger partial charge in [-0.2, -0.15) is 0 Å². The van der Waals surface area contributed by atoms with Gasteiger partial charge in [-0.3, -0.25) is 4.90 Å². The van der Waals surface area contributed by atoms with E-state index < -0.39 is 6.10 Å². The molecule has 2 heterocycles. The molecule has 1 saturated heterocycles. The monoisotopic (exact) mass is 309 g/mol. The summed E-state index contributed by atoms with van der Waals surface area (Å²) >= 11 is 6.32. The maximum absolute atomic E-state index is 10.5. The predicted molar refractivity (Wildman–Crippen MR) is 85.2 cm³/mol. The fraction of sp³-hybridized carbons (Fsp3) is 0.647. The van der Waals surface area contributed by atoms with Gasteiger partial charge in [0.1, 0.15) is 18.5 Å². The van der Waals surface area contributed by atoms with Gasteiger partial charge in [0.15, 0.2) is 0 Å². The molecule has 1 fully saturated rings. The molecule has 0 spiro atoms. The van der Waals surface area contributed by atoms with Crippen molar-refractivity contribution in [3.63, 3.8) is 0 Å². The summed E-state index contributed by atoms with van der Waals surface area (Å²) in [5.41, 5.74) is 2.21. The van der Waals surface area contributed by atoms with E-state index in [0.717, 1.165) is 35.0 Å². The Kier molecular flexibility index (Phi) is 4.43. The van der Waals surface area contributed by atoms with Gasteiger partial charge in [-0.15, -0.1) is 0 Å². The molecule has 0 bridgehead atoms. The number of ether oxygens (including phenoxy) is 1. The van der Waals surface area contributed by atoms with E-state index in [1.807, 2.05) is 12.1 Å². The zero-order valence-electron chi connectivity index (χ0n) is 12.8. The third kappa shape index (κ3) is 2.92. The lowest BCUT2D eigenvalue weighted by Crippen LogP contribution is -2.44. The van der Waals surface area contributed by atoms with Crippen molar-refractivity contribution >= 4 is 11.6 Å². The van der Waals surface area contributed by atoms with Gasteiger partial charge in [0, 0.05) is 10.6 Å². The molecule has 2 aliphatic rings. The van der Waals surface area contributed by atoms with Gasteiger partial charge in [-0.1, -0.05) is 31.9 Å². The molecule has 2 aliphatic heterocycles. The number of benzene rings is 1. The quantitative estimate of drug-likeness (QED) is 0.903. The number of fused-ring (bicyclic) bond motifs is 1. The first kappa shape index (κ1) is 15.1. The number of aliphatic hydroxyl groups is 1. The largest absolute Gasteiger partial charge is 0.490 e. The molecule has 3 rings (SSSR count). The zero-order chi connectivity index (χ0) is 15.0. The highest BCUT2D eigenvalue weighted by atomic mass is 35.5. The molecule has 0 aromatic heterocycles. The van der Waals surface area contributed by atoms with Gasteiger partial charge >= 0.3 is 0 Å². The van der Waals surface area contributed by atoms with Crippen LogP contribution in [0.15, 0.2) is 12.1 Å². The van der Waals surface area contributed by atoms with E-state index in [1.54, 1.807) is 0 Å². The minimum atomic E-state index is -0.478. The normalized spacial score (nSPS) is 26.5. The Morgan fingerprint density at radius 3 is 2.62 bits per heavy atom. The summed E-state index contributed by atoms with van der Waals surface area (Å²) in [4.78, 5) is 2.40. The van der Waals surface area contributed by atoms with E-state index in [1.165, 1.54) is 19.3 Å². The van der Waals surface area contributed by atoms with Crippen molar-refractivity contribution in [3.05, 3.63) is 28.3 Å². The van der Waals surface area contributed by atoms with Crippen molar-refractivity contribution in [2.75, 3.05) is 19.7 Å². The summed E-state index contributed by atoms with van der Waals surface area (Å²) in [6.07, 6.45) is 3.22. The minimum Gasteiger partial charge on any atom is -0.490 e. The van der Waals surface area contributed by atoms with E-state index in [4.69, 9.17) is 16.3 Å². The predicted octanol–water partition coefficient (Wildman–Crippen LogP) is 3.74. The third-order valence-corrected chi connectivity index (χ3v) is 4.82. The van der Waals surface area contributed by atoms with Gasteiger partial charge < -0.3 is 9.84 Å². The second-order valence-electron chi connectivity index (χ2n) is 6.49. The first-order chi connectivity index (χ1) is 10.1. The van der Waals surface area contributed by atoms with Crippen molar-refractivity contribution in [1.82, 2.24) is 4.90 Å². The van der Waals surface area contributed by atoms with Gasteiger partial charge in [0.2, 0.25) is 0 Å². The minimum absolute atomic E-state index is 0.0187. The number of halogens is 1. The van der Waals surface area contributed by atoms with E-state index in [9.17, 15) is 5.11 Å². The molecule has 1 aromatic carbocycles. The maximum atomic E-state index is 10.5. The van der Waals surface area contributed by atoms with Crippen LogP contribution < -0.4 is 4.74 Å². The number of aliphatic hydroxyl groups excluding tert-OH is 1. The van der Waals surface area contributed by atoms with Crippen LogP contribution in [-0.2, 0) is 0 Å². The lowest BCUT2D eigenvalue weighted by Gasteiger charge is -2.41. The number of rotatable bonds is 2. The molecule has 2 unspecified atom stereocenters. The second-order valence-corrected chi connectivity index (χ2v) is 6.92. The van der Waals surface area contributed by atoms with Gasteiger partial charge in [0.25, 0.3) is 0 Å². The van der Waals surface area contributed by atoms with Crippen LogP contribution in [0.25, 0.3) is 0 Å². The second kappa shape index (κ2) is 6.15. The van der Waals surface area contributed by atoms with Gasteiger partial charge in [-0.05, 0) is 49.5 Å². The molecule has 0 saturated carbocycles. The van der Waals surface area contributed by atoms with E-state index >= 15 is 0 Å². The number of nitrogens with zero attached hydrogens (tertiary/aromatic N) is 1. The Bertz CT molecular complexity index is 512. The summed E-state index contributed by atoms with van der Waals surface area (Å²) in [6.45, 7) is 6.76. The molecule has 116 valence electrons. The van der Waals surface area contributed by atoms with E-state index in [0.29, 0.717) is 12.5 Å². The Balaban J connectivity index is 2.03. The average Bonchev–Trinajstić information content (AvgIpc) is 2.47. The molecule has 0 amide bonds. The molecule has 2 atom stereocenters. The van der Waals surface area contributed by atoms with Crippen molar-refractivity contribution in [1.29, 1.82) is 0 Å². The Hall–Kier alpha value is -0.770. The van der Waals surface area contributed by atoms with Crippen molar-refractivity contribution < 1.29 is 9.84 Å². The summed E-state index contributed by atoms with van der Waals surface area (Å²) in [5, 5.41) is 11.2. The number of piperidine rings is 1. The summed E-state index contributed by atoms with van der Waals surface area (Å²) < 4.78 is 5.87. The Morgan fingerprint density at radius 1 is 1.24 bits per heavy atom. The fourth-order valence-corrected chi connectivity index (χ4v) is 3.79. The highest BCUT2D eigenvalue weighted by molar-refractivity contribution is 6.30. The topological polar surface area (TPSA) is 32.7 Å². The molecule has 0 radical (unpaired) electrons. The number of hydrogen-bond donors (Lipinski definition) is 1. The molecule has 1 N–H and O–H groups in total. The van der Waals surface area contributed by atoms with Crippen molar-refractivity contribution in [2.45, 2.75) is 51.2 Å². The van der Waals surface area contributed by atoms with Crippen molar-refractivity contribution in [2.24, 2.45) is 0 Å². The van der Waals surface area contributed by atoms with Gasteiger partial charge in [-0.25, -0.2) is 0 Å². The molecule has 1 aromatic rings. The zero-order valence-corrected chi connectivity index (χ0v) is 13.6. The van der Waals surface area contributed by atoms with Crippen LogP contribution in [0.2, 0.25) is 5.02 Å². The number of likely N-dealkylation sites (tertiary alicyclic amines) is 1. The highest BCUT2D eigenvalue weighted by Gasteiger charge is 2.36. The van der Waals surface area contributed by atoms with Crippen LogP contribution in [0.4, 0.5) is 0 Å². The van der Waals surface area contributed by atoms with Crippen LogP contribution in [-0.4, -0.2) is 35.8 Å². The fourth-order valence-electron chi connectivity index (χ4n) is 3.56. The maximum Gasteiger partial charge on any atom is 0.127 e. The SMILES string of the molecule is CC(C)c1cc(Cl)cc2c1OCC(O)C2N1CCCCC1. The smallest absolute Gasteiger partial charge is 0.127 e. The van der Waals surface area contributed by atoms with Crippen LogP contribution >= 0.6 is 11.6 Å². The molecular formula is C17H24ClNO2. The molecule has 4 heteroatoms. The third-order valence-electron chi connectivity index (χ3n) is 4.60. The van der Waals surface area contributed by atoms with Crippen LogP contribution in [0, 0.1) is 0 Å².